The first-order chi connectivity index (χ1) is 19.1. The van der Waals surface area contributed by atoms with Crippen molar-refractivity contribution in [3.05, 3.63) is 82.3 Å². The average molecular weight is 551 g/mol. The van der Waals surface area contributed by atoms with Crippen molar-refractivity contribution in [3.8, 4) is 0 Å². The van der Waals surface area contributed by atoms with Crippen LogP contribution in [0.15, 0.2) is 59.8 Å². The fraction of sp³-hybridized carbons (Fsp3) is 0.452. The zero-order chi connectivity index (χ0) is 29.0. The standard InChI is InChI=1S/C31H39FN4O4/c1-6-35-26(19-34-15-16-36(21(5)18-34)29(37)24-9-8-10-25(32)17-24)27(30(38)40-7-2)28(33-31(35)39)23-13-11-22(12-14-23)20(3)4/h8-14,17,20-21,28H,6-7,15-16,18-19H2,1-5H3,(H,33,39). The highest BCUT2D eigenvalue weighted by atomic mass is 19.1. The molecule has 9 heteroatoms. The number of nitrogens with zero attached hydrogens (tertiary/aromatic N) is 3. The molecule has 0 aliphatic carbocycles. The van der Waals surface area contributed by atoms with Crippen LogP contribution in [0.5, 0.6) is 0 Å². The van der Waals surface area contributed by atoms with E-state index in [-0.39, 0.29) is 24.6 Å². The summed E-state index contributed by atoms with van der Waals surface area (Å²) in [6.45, 7) is 12.3. The monoisotopic (exact) mass is 550 g/mol. The summed E-state index contributed by atoms with van der Waals surface area (Å²) in [7, 11) is 0. The summed E-state index contributed by atoms with van der Waals surface area (Å²) in [5, 5.41) is 3.02. The maximum absolute atomic E-state index is 13.7. The first kappa shape index (κ1) is 29.3. The largest absolute Gasteiger partial charge is 0.463 e. The molecule has 0 spiro atoms. The number of rotatable bonds is 8. The molecule has 1 saturated heterocycles. The summed E-state index contributed by atoms with van der Waals surface area (Å²) in [5.41, 5.74) is 3.34. The fourth-order valence-corrected chi connectivity index (χ4v) is 5.46. The van der Waals surface area contributed by atoms with Crippen molar-refractivity contribution >= 4 is 17.9 Å². The first-order valence-electron chi connectivity index (χ1n) is 14.0. The Morgan fingerprint density at radius 2 is 1.82 bits per heavy atom. The molecule has 0 saturated carbocycles. The number of hydrogen-bond donors (Lipinski definition) is 1. The number of hydrogen-bond acceptors (Lipinski definition) is 5. The Balaban J connectivity index is 1.63. The number of halogens is 1. The number of ether oxygens (including phenoxy) is 1. The van der Waals surface area contributed by atoms with E-state index < -0.39 is 17.8 Å². The molecule has 2 aliphatic rings. The van der Waals surface area contributed by atoms with Crippen LogP contribution in [0.2, 0.25) is 0 Å². The van der Waals surface area contributed by atoms with Crippen molar-refractivity contribution < 1.29 is 23.5 Å². The molecule has 2 heterocycles. The predicted molar refractivity (Wildman–Crippen MR) is 151 cm³/mol. The van der Waals surface area contributed by atoms with E-state index in [2.05, 4.69) is 24.1 Å². The summed E-state index contributed by atoms with van der Waals surface area (Å²) < 4.78 is 19.2. The Morgan fingerprint density at radius 1 is 1.10 bits per heavy atom. The molecule has 40 heavy (non-hydrogen) atoms. The summed E-state index contributed by atoms with van der Waals surface area (Å²) in [4.78, 5) is 45.3. The lowest BCUT2D eigenvalue weighted by atomic mass is 9.92. The van der Waals surface area contributed by atoms with Gasteiger partial charge in [0.15, 0.2) is 0 Å². The Hall–Kier alpha value is -3.72. The van der Waals surface area contributed by atoms with Crippen LogP contribution in [0.4, 0.5) is 9.18 Å². The van der Waals surface area contributed by atoms with Crippen molar-refractivity contribution in [2.75, 3.05) is 39.3 Å². The van der Waals surface area contributed by atoms with E-state index in [0.29, 0.717) is 55.5 Å². The van der Waals surface area contributed by atoms with Crippen LogP contribution in [0, 0.1) is 5.82 Å². The number of amides is 3. The number of urea groups is 1. The van der Waals surface area contributed by atoms with Crippen LogP contribution < -0.4 is 5.32 Å². The van der Waals surface area contributed by atoms with E-state index in [1.54, 1.807) is 22.8 Å². The van der Waals surface area contributed by atoms with Crippen molar-refractivity contribution in [1.82, 2.24) is 20.0 Å². The number of likely N-dealkylation sites (N-methyl/N-ethyl adjacent to an activating group) is 1. The van der Waals surface area contributed by atoms with E-state index in [9.17, 15) is 18.8 Å². The molecule has 2 aliphatic heterocycles. The van der Waals surface area contributed by atoms with Crippen LogP contribution in [0.1, 0.15) is 68.1 Å². The third kappa shape index (κ3) is 6.20. The van der Waals surface area contributed by atoms with E-state index in [1.165, 1.54) is 23.8 Å². The van der Waals surface area contributed by atoms with E-state index in [4.69, 9.17) is 4.74 Å². The van der Waals surface area contributed by atoms with Crippen LogP contribution in [0.3, 0.4) is 0 Å². The van der Waals surface area contributed by atoms with Crippen LogP contribution in [-0.4, -0.2) is 78.0 Å². The smallest absolute Gasteiger partial charge is 0.338 e. The molecule has 214 valence electrons. The predicted octanol–water partition coefficient (Wildman–Crippen LogP) is 4.70. The molecule has 8 nitrogen and oxygen atoms in total. The second-order valence-electron chi connectivity index (χ2n) is 10.6. The molecule has 0 radical (unpaired) electrons. The number of benzene rings is 2. The Labute approximate surface area is 235 Å². The fourth-order valence-electron chi connectivity index (χ4n) is 5.46. The van der Waals surface area contributed by atoms with Gasteiger partial charge >= 0.3 is 12.0 Å². The summed E-state index contributed by atoms with van der Waals surface area (Å²) >= 11 is 0. The minimum absolute atomic E-state index is 0.150. The van der Waals surface area contributed by atoms with Crippen LogP contribution in [0.25, 0.3) is 0 Å². The van der Waals surface area contributed by atoms with E-state index in [0.717, 1.165) is 5.56 Å². The minimum Gasteiger partial charge on any atom is -0.463 e. The van der Waals surface area contributed by atoms with E-state index >= 15 is 0 Å². The first-order valence-corrected chi connectivity index (χ1v) is 14.0. The number of esters is 1. The summed E-state index contributed by atoms with van der Waals surface area (Å²) in [6.07, 6.45) is 0. The van der Waals surface area contributed by atoms with Gasteiger partial charge in [0.2, 0.25) is 0 Å². The second-order valence-corrected chi connectivity index (χ2v) is 10.6. The molecule has 3 amide bonds. The molecule has 2 aromatic rings. The van der Waals surface area contributed by atoms with Crippen LogP contribution >= 0.6 is 0 Å². The second kappa shape index (κ2) is 12.6. The van der Waals surface area contributed by atoms with Gasteiger partial charge in [-0.05, 0) is 56.0 Å². The van der Waals surface area contributed by atoms with Crippen molar-refractivity contribution in [2.45, 2.75) is 52.6 Å². The van der Waals surface area contributed by atoms with Crippen LogP contribution in [-0.2, 0) is 9.53 Å². The van der Waals surface area contributed by atoms with Gasteiger partial charge in [-0.25, -0.2) is 14.0 Å². The number of piperazine rings is 1. The third-order valence-electron chi connectivity index (χ3n) is 7.60. The molecule has 2 aromatic carbocycles. The molecular formula is C31H39FN4O4. The Morgan fingerprint density at radius 3 is 2.42 bits per heavy atom. The topological polar surface area (TPSA) is 82.2 Å². The van der Waals surface area contributed by atoms with Gasteiger partial charge in [-0.3, -0.25) is 14.6 Å². The lowest BCUT2D eigenvalue weighted by Crippen LogP contribution is -2.56. The third-order valence-corrected chi connectivity index (χ3v) is 7.60. The summed E-state index contributed by atoms with van der Waals surface area (Å²) in [6, 6.07) is 12.6. The Kier molecular flexibility index (Phi) is 9.25. The molecule has 0 bridgehead atoms. The van der Waals surface area contributed by atoms with Gasteiger partial charge in [0.25, 0.3) is 5.91 Å². The van der Waals surface area contributed by atoms with Crippen molar-refractivity contribution in [1.29, 1.82) is 0 Å². The highest BCUT2D eigenvalue weighted by Crippen LogP contribution is 2.33. The van der Waals surface area contributed by atoms with Gasteiger partial charge in [0.1, 0.15) is 5.82 Å². The maximum Gasteiger partial charge on any atom is 0.338 e. The average Bonchev–Trinajstić information content (AvgIpc) is 2.93. The van der Waals surface area contributed by atoms with Gasteiger partial charge in [-0.1, -0.05) is 44.2 Å². The number of nitrogens with one attached hydrogen (secondary N) is 1. The van der Waals surface area contributed by atoms with Gasteiger partial charge in [0.05, 0.1) is 18.2 Å². The normalized spacial score (nSPS) is 20.1. The molecular weight excluding hydrogens is 511 g/mol. The minimum atomic E-state index is -0.640. The van der Waals surface area contributed by atoms with Crippen molar-refractivity contribution in [2.24, 2.45) is 0 Å². The van der Waals surface area contributed by atoms with Crippen molar-refractivity contribution in [3.63, 3.8) is 0 Å². The summed E-state index contributed by atoms with van der Waals surface area (Å²) in [5.74, 6) is -0.758. The highest BCUT2D eigenvalue weighted by molar-refractivity contribution is 5.95. The van der Waals surface area contributed by atoms with Gasteiger partial charge in [0, 0.05) is 50.0 Å². The lowest BCUT2D eigenvalue weighted by Gasteiger charge is -2.43. The van der Waals surface area contributed by atoms with Gasteiger partial charge in [-0.15, -0.1) is 0 Å². The molecule has 2 atom stereocenters. The SMILES string of the molecule is CCOC(=O)C1=C(CN2CCN(C(=O)c3cccc(F)c3)C(C)C2)N(CC)C(=O)NC1c1ccc(C(C)C)cc1. The van der Waals surface area contributed by atoms with Gasteiger partial charge < -0.3 is 15.0 Å². The Bertz CT molecular complexity index is 1280. The zero-order valence-corrected chi connectivity index (χ0v) is 23.9. The number of carbonyl (C=O) groups is 3. The van der Waals surface area contributed by atoms with E-state index in [1.807, 2.05) is 38.1 Å². The zero-order valence-electron chi connectivity index (χ0n) is 23.9. The quantitative estimate of drug-likeness (QED) is 0.482. The molecule has 0 aromatic heterocycles. The lowest BCUT2D eigenvalue weighted by molar-refractivity contribution is -0.139. The van der Waals surface area contributed by atoms with Gasteiger partial charge in [-0.2, -0.15) is 0 Å². The number of carbonyl (C=O) groups excluding carboxylic acids is 3. The molecule has 1 N–H and O–H groups in total. The molecule has 2 unspecified atom stereocenters. The molecule has 1 fully saturated rings. The maximum atomic E-state index is 13.7. The molecule has 4 rings (SSSR count). The highest BCUT2D eigenvalue weighted by Gasteiger charge is 2.39.